The Hall–Kier alpha value is -3.45. The summed E-state index contributed by atoms with van der Waals surface area (Å²) < 4.78 is 1.78. The van der Waals surface area contributed by atoms with Crippen LogP contribution in [0.2, 0.25) is 5.02 Å². The molecule has 1 fully saturated rings. The average molecular weight is 461 g/mol. The molecule has 1 saturated heterocycles. The first-order valence-corrected chi connectivity index (χ1v) is 11.5. The van der Waals surface area contributed by atoms with Gasteiger partial charge in [0.15, 0.2) is 5.65 Å². The number of para-hydroxylation sites is 1. The number of hydrogen-bond donors (Lipinski definition) is 0. The van der Waals surface area contributed by atoms with E-state index in [1.807, 2.05) is 67.3 Å². The molecule has 33 heavy (non-hydrogen) atoms. The lowest BCUT2D eigenvalue weighted by Gasteiger charge is -2.35. The largest absolute Gasteiger partial charge is 0.352 e. The molecule has 0 atom stereocenters. The Kier molecular flexibility index (Phi) is 5.72. The molecule has 1 amide bonds. The van der Waals surface area contributed by atoms with Crippen LogP contribution in [0.3, 0.4) is 0 Å². The molecule has 5 rings (SSSR count). The number of rotatable bonds is 4. The minimum atomic E-state index is 0.0725. The number of aryl methyl sites for hydroxylation is 2. The molecule has 0 N–H and O–H groups in total. The number of halogens is 1. The van der Waals surface area contributed by atoms with Gasteiger partial charge < -0.3 is 9.80 Å². The minimum absolute atomic E-state index is 0.0725. The zero-order valence-electron chi connectivity index (χ0n) is 18.7. The third-order valence-corrected chi connectivity index (χ3v) is 6.34. The number of amides is 1. The molecule has 1 aliphatic rings. The van der Waals surface area contributed by atoms with Gasteiger partial charge in [-0.1, -0.05) is 48.4 Å². The first-order chi connectivity index (χ1) is 16.0. The summed E-state index contributed by atoms with van der Waals surface area (Å²) in [4.78, 5) is 26.6. The van der Waals surface area contributed by atoms with Crippen LogP contribution < -0.4 is 4.90 Å². The van der Waals surface area contributed by atoms with Crippen molar-refractivity contribution in [3.8, 4) is 5.69 Å². The van der Waals surface area contributed by atoms with E-state index in [0.717, 1.165) is 39.5 Å². The SMILES string of the molecule is CCc1nc(N2CCN(C(=O)c3ccc(C)cc3)CC2)c2cnn(-c3ccccc3Cl)c2n1. The van der Waals surface area contributed by atoms with Gasteiger partial charge >= 0.3 is 0 Å². The van der Waals surface area contributed by atoms with Crippen molar-refractivity contribution in [3.05, 3.63) is 76.7 Å². The topological polar surface area (TPSA) is 67.2 Å². The lowest BCUT2D eigenvalue weighted by atomic mass is 10.1. The first kappa shape index (κ1) is 21.4. The number of carbonyl (C=O) groups excluding carboxylic acids is 1. The molecule has 7 nitrogen and oxygen atoms in total. The number of fused-ring (bicyclic) bond motifs is 1. The van der Waals surface area contributed by atoms with Crippen LogP contribution in [0.25, 0.3) is 16.7 Å². The molecular weight excluding hydrogens is 436 g/mol. The van der Waals surface area contributed by atoms with E-state index in [1.165, 1.54) is 0 Å². The van der Waals surface area contributed by atoms with Crippen LogP contribution in [0.4, 0.5) is 5.82 Å². The predicted molar refractivity (Wildman–Crippen MR) is 130 cm³/mol. The Balaban J connectivity index is 1.43. The number of benzene rings is 2. The molecule has 0 spiro atoms. The molecule has 0 bridgehead atoms. The molecule has 4 aromatic rings. The average Bonchev–Trinajstić information content (AvgIpc) is 3.27. The van der Waals surface area contributed by atoms with E-state index in [9.17, 15) is 4.79 Å². The van der Waals surface area contributed by atoms with E-state index >= 15 is 0 Å². The highest BCUT2D eigenvalue weighted by Gasteiger charge is 2.25. The van der Waals surface area contributed by atoms with Crippen molar-refractivity contribution in [2.45, 2.75) is 20.3 Å². The number of aromatic nitrogens is 4. The molecule has 0 aliphatic carbocycles. The van der Waals surface area contributed by atoms with Crippen LogP contribution in [-0.4, -0.2) is 56.7 Å². The Morgan fingerprint density at radius 1 is 1.00 bits per heavy atom. The fourth-order valence-electron chi connectivity index (χ4n) is 4.14. The number of anilines is 1. The second-order valence-electron chi connectivity index (χ2n) is 8.21. The number of nitrogens with zero attached hydrogens (tertiary/aromatic N) is 6. The summed E-state index contributed by atoms with van der Waals surface area (Å²) in [6.45, 7) is 6.73. The highest BCUT2D eigenvalue weighted by Crippen LogP contribution is 2.29. The molecule has 168 valence electrons. The van der Waals surface area contributed by atoms with Crippen LogP contribution in [-0.2, 0) is 6.42 Å². The molecule has 3 heterocycles. The summed E-state index contributed by atoms with van der Waals surface area (Å²) in [6.07, 6.45) is 2.51. The number of hydrogen-bond acceptors (Lipinski definition) is 5. The van der Waals surface area contributed by atoms with Crippen molar-refractivity contribution in [2.24, 2.45) is 0 Å². The van der Waals surface area contributed by atoms with E-state index in [2.05, 4.69) is 10.00 Å². The maximum atomic E-state index is 12.9. The van der Waals surface area contributed by atoms with Crippen LogP contribution in [0.1, 0.15) is 28.7 Å². The zero-order valence-corrected chi connectivity index (χ0v) is 19.5. The summed E-state index contributed by atoms with van der Waals surface area (Å²) in [6, 6.07) is 15.3. The quantitative estimate of drug-likeness (QED) is 0.454. The summed E-state index contributed by atoms with van der Waals surface area (Å²) in [5, 5.41) is 6.08. The van der Waals surface area contributed by atoms with E-state index in [0.29, 0.717) is 37.6 Å². The maximum Gasteiger partial charge on any atom is 0.253 e. The lowest BCUT2D eigenvalue weighted by Crippen LogP contribution is -2.49. The predicted octanol–water partition coefficient (Wildman–Crippen LogP) is 4.30. The Morgan fingerprint density at radius 3 is 2.42 bits per heavy atom. The molecule has 8 heteroatoms. The maximum absolute atomic E-state index is 12.9. The van der Waals surface area contributed by atoms with Crippen molar-refractivity contribution >= 4 is 34.4 Å². The van der Waals surface area contributed by atoms with Crippen molar-refractivity contribution in [1.29, 1.82) is 0 Å². The second kappa shape index (κ2) is 8.83. The second-order valence-corrected chi connectivity index (χ2v) is 8.61. The van der Waals surface area contributed by atoms with Gasteiger partial charge in [0.05, 0.1) is 22.3 Å². The van der Waals surface area contributed by atoms with Gasteiger partial charge in [-0.2, -0.15) is 5.10 Å². The molecule has 1 aliphatic heterocycles. The third kappa shape index (κ3) is 4.04. The van der Waals surface area contributed by atoms with E-state index in [4.69, 9.17) is 21.6 Å². The van der Waals surface area contributed by atoms with E-state index in [1.54, 1.807) is 10.9 Å². The van der Waals surface area contributed by atoms with Crippen molar-refractivity contribution in [3.63, 3.8) is 0 Å². The molecule has 2 aromatic heterocycles. The minimum Gasteiger partial charge on any atom is -0.352 e. The fourth-order valence-corrected chi connectivity index (χ4v) is 4.35. The van der Waals surface area contributed by atoms with Crippen LogP contribution >= 0.6 is 11.6 Å². The molecule has 0 saturated carbocycles. The smallest absolute Gasteiger partial charge is 0.253 e. The van der Waals surface area contributed by atoms with E-state index in [-0.39, 0.29) is 5.91 Å². The van der Waals surface area contributed by atoms with Gasteiger partial charge in [-0.3, -0.25) is 4.79 Å². The van der Waals surface area contributed by atoms with Gasteiger partial charge in [-0.25, -0.2) is 14.6 Å². The Labute approximate surface area is 197 Å². The molecule has 0 unspecified atom stereocenters. The summed E-state index contributed by atoms with van der Waals surface area (Å²) in [5.74, 6) is 1.69. The molecule has 2 aromatic carbocycles. The van der Waals surface area contributed by atoms with Gasteiger partial charge in [0, 0.05) is 38.2 Å². The Bertz CT molecular complexity index is 1310. The van der Waals surface area contributed by atoms with Crippen LogP contribution in [0.15, 0.2) is 54.7 Å². The number of carbonyl (C=O) groups is 1. The fraction of sp³-hybridized carbons (Fsp3) is 0.280. The van der Waals surface area contributed by atoms with Crippen LogP contribution in [0, 0.1) is 6.92 Å². The summed E-state index contributed by atoms with van der Waals surface area (Å²) >= 11 is 6.43. The highest BCUT2D eigenvalue weighted by atomic mass is 35.5. The van der Waals surface area contributed by atoms with Crippen molar-refractivity contribution in [2.75, 3.05) is 31.1 Å². The normalized spacial score (nSPS) is 14.2. The third-order valence-electron chi connectivity index (χ3n) is 6.02. The van der Waals surface area contributed by atoms with E-state index < -0.39 is 0 Å². The lowest BCUT2D eigenvalue weighted by molar-refractivity contribution is 0.0746. The van der Waals surface area contributed by atoms with Gasteiger partial charge in [0.25, 0.3) is 5.91 Å². The monoisotopic (exact) mass is 460 g/mol. The van der Waals surface area contributed by atoms with Gasteiger partial charge in [-0.05, 0) is 31.2 Å². The molecular formula is C25H25ClN6O. The van der Waals surface area contributed by atoms with Gasteiger partial charge in [0.2, 0.25) is 0 Å². The van der Waals surface area contributed by atoms with Crippen molar-refractivity contribution in [1.82, 2.24) is 24.6 Å². The molecule has 0 radical (unpaired) electrons. The van der Waals surface area contributed by atoms with Crippen LogP contribution in [0.5, 0.6) is 0 Å². The zero-order chi connectivity index (χ0) is 22.9. The summed E-state index contributed by atoms with van der Waals surface area (Å²) in [5.41, 5.74) is 3.40. The van der Waals surface area contributed by atoms with Gasteiger partial charge in [0.1, 0.15) is 11.6 Å². The summed E-state index contributed by atoms with van der Waals surface area (Å²) in [7, 11) is 0. The first-order valence-electron chi connectivity index (χ1n) is 11.2. The standard InChI is InChI=1S/C25H25ClN6O/c1-3-22-28-23(19-16-27-32(24(19)29-22)21-7-5-4-6-20(21)26)30-12-14-31(15-13-30)25(33)18-10-8-17(2)9-11-18/h4-11,16H,3,12-15H2,1-2H3. The number of piperazine rings is 1. The van der Waals surface area contributed by atoms with Gasteiger partial charge in [-0.15, -0.1) is 0 Å². The Morgan fingerprint density at radius 2 is 1.73 bits per heavy atom. The van der Waals surface area contributed by atoms with Crippen molar-refractivity contribution < 1.29 is 4.79 Å². The highest BCUT2D eigenvalue weighted by molar-refractivity contribution is 6.32.